The number of ether oxygens (including phenoxy) is 2. The maximum atomic E-state index is 12.5. The number of rotatable bonds is 4. The largest absolute Gasteiger partial charge is 0.497 e. The zero-order valence-electron chi connectivity index (χ0n) is 10.8. The fourth-order valence-electron chi connectivity index (χ4n) is 1.69. The molecule has 1 aromatic heterocycles. The van der Waals surface area contributed by atoms with Gasteiger partial charge in [-0.3, -0.25) is 4.79 Å². The summed E-state index contributed by atoms with van der Waals surface area (Å²) in [6.45, 7) is 1.97. The molecule has 0 saturated heterocycles. The highest BCUT2D eigenvalue weighted by Crippen LogP contribution is 2.31. The Kier molecular flexibility index (Phi) is 4.27. The Morgan fingerprint density at radius 3 is 2.47 bits per heavy atom. The van der Waals surface area contributed by atoms with Crippen molar-refractivity contribution in [2.24, 2.45) is 0 Å². The third kappa shape index (κ3) is 2.82. The van der Waals surface area contributed by atoms with Crippen LogP contribution in [0, 0.1) is 6.92 Å². The summed E-state index contributed by atoms with van der Waals surface area (Å²) in [6, 6.07) is 7.03. The van der Waals surface area contributed by atoms with E-state index in [4.69, 9.17) is 9.47 Å². The summed E-state index contributed by atoms with van der Waals surface area (Å²) in [5, 5.41) is 0. The first-order valence-electron chi connectivity index (χ1n) is 5.59. The summed E-state index contributed by atoms with van der Waals surface area (Å²) in [5.41, 5.74) is 0.539. The molecule has 2 aromatic rings. The van der Waals surface area contributed by atoms with E-state index in [1.54, 1.807) is 32.4 Å². The van der Waals surface area contributed by atoms with Gasteiger partial charge in [-0.05, 0) is 41.1 Å². The van der Waals surface area contributed by atoms with Crippen LogP contribution in [0.25, 0.3) is 0 Å². The maximum Gasteiger partial charge on any atom is 0.206 e. The van der Waals surface area contributed by atoms with E-state index in [0.717, 1.165) is 9.35 Å². The van der Waals surface area contributed by atoms with Crippen LogP contribution in [0.1, 0.15) is 20.1 Å². The van der Waals surface area contributed by atoms with Gasteiger partial charge in [0.2, 0.25) is 5.78 Å². The van der Waals surface area contributed by atoms with Gasteiger partial charge < -0.3 is 9.47 Å². The number of carbonyl (C=O) groups is 1. The van der Waals surface area contributed by atoms with Crippen molar-refractivity contribution < 1.29 is 14.3 Å². The van der Waals surface area contributed by atoms with Crippen molar-refractivity contribution in [3.8, 4) is 11.5 Å². The summed E-state index contributed by atoms with van der Waals surface area (Å²) in [4.78, 5) is 14.2. The maximum absolute atomic E-state index is 12.5. The second kappa shape index (κ2) is 5.75. The lowest BCUT2D eigenvalue weighted by Crippen LogP contribution is -2.02. The van der Waals surface area contributed by atoms with Crippen LogP contribution in [0.4, 0.5) is 0 Å². The molecule has 0 spiro atoms. The Morgan fingerprint density at radius 2 is 1.95 bits per heavy atom. The summed E-state index contributed by atoms with van der Waals surface area (Å²) < 4.78 is 11.3. The van der Waals surface area contributed by atoms with Gasteiger partial charge in [0.25, 0.3) is 0 Å². The van der Waals surface area contributed by atoms with Crippen LogP contribution in [0.2, 0.25) is 0 Å². The van der Waals surface area contributed by atoms with Gasteiger partial charge in [0, 0.05) is 15.4 Å². The highest BCUT2D eigenvalue weighted by atomic mass is 79.9. The molecule has 0 radical (unpaired) electrons. The first-order valence-corrected chi connectivity index (χ1v) is 7.20. The molecule has 0 bridgehead atoms. The number of hydrogen-bond acceptors (Lipinski definition) is 4. The van der Waals surface area contributed by atoms with Crippen LogP contribution < -0.4 is 9.47 Å². The highest BCUT2D eigenvalue weighted by Gasteiger charge is 2.18. The van der Waals surface area contributed by atoms with Crippen molar-refractivity contribution in [1.29, 1.82) is 0 Å². The Balaban J connectivity index is 2.43. The number of aryl methyl sites for hydroxylation is 1. The smallest absolute Gasteiger partial charge is 0.206 e. The van der Waals surface area contributed by atoms with Crippen molar-refractivity contribution in [1.82, 2.24) is 0 Å². The monoisotopic (exact) mass is 340 g/mol. The van der Waals surface area contributed by atoms with Crippen molar-refractivity contribution in [2.75, 3.05) is 14.2 Å². The second-order valence-corrected chi connectivity index (χ2v) is 6.02. The molecular weight excluding hydrogens is 328 g/mol. The average Bonchev–Trinajstić information content (AvgIpc) is 2.77. The van der Waals surface area contributed by atoms with Gasteiger partial charge in [-0.15, -0.1) is 11.3 Å². The Hall–Kier alpha value is -1.33. The van der Waals surface area contributed by atoms with Gasteiger partial charge in [-0.2, -0.15) is 0 Å². The Bertz CT molecular complexity index is 600. The number of carbonyl (C=O) groups excluding carboxylic acids is 1. The summed E-state index contributed by atoms with van der Waals surface area (Å²) >= 11 is 4.89. The molecule has 0 unspecified atom stereocenters. The van der Waals surface area contributed by atoms with Crippen molar-refractivity contribution in [3.63, 3.8) is 0 Å². The number of benzene rings is 1. The lowest BCUT2D eigenvalue weighted by Gasteiger charge is -2.08. The Morgan fingerprint density at radius 1 is 1.21 bits per heavy atom. The molecule has 2 rings (SSSR count). The van der Waals surface area contributed by atoms with Gasteiger partial charge in [-0.25, -0.2) is 0 Å². The van der Waals surface area contributed by atoms with Crippen LogP contribution in [0.3, 0.4) is 0 Å². The van der Waals surface area contributed by atoms with Crippen LogP contribution in [-0.2, 0) is 0 Å². The van der Waals surface area contributed by atoms with Gasteiger partial charge in [0.05, 0.1) is 24.7 Å². The number of halogens is 1. The molecule has 0 saturated carbocycles. The molecule has 100 valence electrons. The van der Waals surface area contributed by atoms with Crippen LogP contribution in [0.15, 0.2) is 28.7 Å². The summed E-state index contributed by atoms with van der Waals surface area (Å²) in [7, 11) is 3.12. The predicted molar refractivity (Wildman–Crippen MR) is 79.7 cm³/mol. The van der Waals surface area contributed by atoms with Crippen LogP contribution >= 0.6 is 27.3 Å². The van der Waals surface area contributed by atoms with Gasteiger partial charge in [0.1, 0.15) is 11.5 Å². The van der Waals surface area contributed by atoms with Crippen LogP contribution in [-0.4, -0.2) is 20.0 Å². The summed E-state index contributed by atoms with van der Waals surface area (Å²) in [5.74, 6) is 1.14. The SMILES string of the molecule is COc1ccc(C(=O)c2cc(Br)c(C)s2)c(OC)c1. The third-order valence-electron chi connectivity index (χ3n) is 2.73. The van der Waals surface area contributed by atoms with E-state index in [1.165, 1.54) is 11.3 Å². The topological polar surface area (TPSA) is 35.5 Å². The lowest BCUT2D eigenvalue weighted by molar-refractivity contribution is 0.103. The highest BCUT2D eigenvalue weighted by molar-refractivity contribution is 9.10. The molecule has 19 heavy (non-hydrogen) atoms. The van der Waals surface area contributed by atoms with E-state index in [-0.39, 0.29) is 5.78 Å². The fourth-order valence-corrected chi connectivity index (χ4v) is 3.18. The van der Waals surface area contributed by atoms with Gasteiger partial charge >= 0.3 is 0 Å². The molecule has 0 aliphatic rings. The van der Waals surface area contributed by atoms with Gasteiger partial charge in [-0.1, -0.05) is 0 Å². The van der Waals surface area contributed by atoms with Crippen LogP contribution in [0.5, 0.6) is 11.5 Å². The van der Waals surface area contributed by atoms with Crippen molar-refractivity contribution >= 4 is 33.0 Å². The quantitative estimate of drug-likeness (QED) is 0.787. The molecular formula is C14H13BrO3S. The fraction of sp³-hybridized carbons (Fsp3) is 0.214. The first-order chi connectivity index (χ1) is 9.06. The normalized spacial score (nSPS) is 10.3. The average molecular weight is 341 g/mol. The van der Waals surface area contributed by atoms with E-state index in [2.05, 4.69) is 15.9 Å². The van der Waals surface area contributed by atoms with Crippen molar-refractivity contribution in [3.05, 3.63) is 44.1 Å². The molecule has 0 aliphatic heterocycles. The number of methoxy groups -OCH3 is 2. The summed E-state index contributed by atoms with van der Waals surface area (Å²) in [6.07, 6.45) is 0. The predicted octanol–water partition coefficient (Wildman–Crippen LogP) is 4.07. The molecule has 5 heteroatoms. The van der Waals surface area contributed by atoms with Gasteiger partial charge in [0.15, 0.2) is 0 Å². The van der Waals surface area contributed by atoms with Crippen molar-refractivity contribution in [2.45, 2.75) is 6.92 Å². The molecule has 0 fully saturated rings. The minimum Gasteiger partial charge on any atom is -0.497 e. The zero-order valence-corrected chi connectivity index (χ0v) is 13.2. The molecule has 0 N–H and O–H groups in total. The minimum atomic E-state index is -0.0432. The van der Waals surface area contributed by atoms with E-state index in [1.807, 2.05) is 13.0 Å². The van der Waals surface area contributed by atoms with E-state index in [9.17, 15) is 4.79 Å². The Labute approximate surface area is 124 Å². The van der Waals surface area contributed by atoms with E-state index < -0.39 is 0 Å². The number of ketones is 1. The molecule has 3 nitrogen and oxygen atoms in total. The minimum absolute atomic E-state index is 0.0432. The van der Waals surface area contributed by atoms with E-state index in [0.29, 0.717) is 21.9 Å². The lowest BCUT2D eigenvalue weighted by atomic mass is 10.1. The van der Waals surface area contributed by atoms with E-state index >= 15 is 0 Å². The standard InChI is InChI=1S/C14H13BrO3S/c1-8-11(15)7-13(19-8)14(16)10-5-4-9(17-2)6-12(10)18-3/h4-7H,1-3H3. The number of hydrogen-bond donors (Lipinski definition) is 0. The molecule has 0 aliphatic carbocycles. The molecule has 0 amide bonds. The molecule has 0 atom stereocenters. The second-order valence-electron chi connectivity index (χ2n) is 3.91. The molecule has 1 aromatic carbocycles. The first kappa shape index (κ1) is 14.1. The third-order valence-corrected chi connectivity index (χ3v) is 4.87. The molecule has 1 heterocycles. The zero-order chi connectivity index (χ0) is 14.0. The number of thiophene rings is 1.